The average molecular weight is 950 g/mol. The highest BCUT2D eigenvalue weighted by molar-refractivity contribution is 6.06. The molecule has 70 heavy (non-hydrogen) atoms. The highest BCUT2D eigenvalue weighted by Crippen LogP contribution is 2.42. The van der Waals surface area contributed by atoms with E-state index in [9.17, 15) is 14.7 Å². The van der Waals surface area contributed by atoms with Gasteiger partial charge in [-0.3, -0.25) is 24.4 Å². The number of ether oxygens (including phenoxy) is 2. The van der Waals surface area contributed by atoms with Crippen LogP contribution in [0.1, 0.15) is 93.3 Å². The Labute approximate surface area is 411 Å². The molecule has 0 saturated carbocycles. The first-order valence-electron chi connectivity index (χ1n) is 25.0. The number of aliphatic hydroxyl groups is 1. The number of piperidine rings is 1. The van der Waals surface area contributed by atoms with Gasteiger partial charge in [-0.05, 0) is 112 Å². The number of rotatable bonds is 12. The van der Waals surface area contributed by atoms with Crippen LogP contribution in [0.25, 0.3) is 11.3 Å². The Morgan fingerprint density at radius 3 is 2.53 bits per heavy atom. The molecule has 3 atom stereocenters. The van der Waals surface area contributed by atoms with Gasteiger partial charge < -0.3 is 39.6 Å². The lowest BCUT2D eigenvalue weighted by Gasteiger charge is -2.48. The Morgan fingerprint density at radius 1 is 0.957 bits per heavy atom. The van der Waals surface area contributed by atoms with Crippen molar-refractivity contribution in [2.24, 2.45) is 5.41 Å². The number of amides is 2. The van der Waals surface area contributed by atoms with Crippen molar-refractivity contribution in [1.29, 1.82) is 0 Å². The van der Waals surface area contributed by atoms with Crippen molar-refractivity contribution < 1.29 is 24.2 Å². The molecule has 3 saturated heterocycles. The highest BCUT2D eigenvalue weighted by atomic mass is 16.5. The monoisotopic (exact) mass is 950 g/mol. The van der Waals surface area contributed by atoms with Gasteiger partial charge in [0, 0.05) is 122 Å². The SMILES string of the molecule is C=CC(=O)Nc1cc(Nc2nc(-c3ccnc(N4CCn5c(cc6c5CC(C)(C)C6)C4=O)c3CO)cnc2OC)ccc1N1CCN(C2CCN(c3ccnc(C4(C)CCOCC4)c3)[C@@H](C)C2)C[C@@H]1C. The number of pyridine rings is 2. The molecule has 1 unspecified atom stereocenters. The Balaban J connectivity index is 0.842. The minimum atomic E-state index is -0.368. The lowest BCUT2D eigenvalue weighted by molar-refractivity contribution is -0.111. The number of anilines is 6. The molecule has 1 aromatic carbocycles. The second kappa shape index (κ2) is 19.1. The summed E-state index contributed by atoms with van der Waals surface area (Å²) in [7, 11) is 1.53. The zero-order chi connectivity index (χ0) is 48.9. The average Bonchev–Trinajstić information content (AvgIpc) is 3.86. The van der Waals surface area contributed by atoms with E-state index in [0.717, 1.165) is 83.6 Å². The predicted octanol–water partition coefficient (Wildman–Crippen LogP) is 7.53. The summed E-state index contributed by atoms with van der Waals surface area (Å²) < 4.78 is 13.5. The predicted molar refractivity (Wildman–Crippen MR) is 273 cm³/mol. The van der Waals surface area contributed by atoms with E-state index in [-0.39, 0.29) is 41.2 Å². The molecule has 368 valence electrons. The van der Waals surface area contributed by atoms with Crippen molar-refractivity contribution in [3.8, 4) is 17.1 Å². The third kappa shape index (κ3) is 9.01. The van der Waals surface area contributed by atoms with Gasteiger partial charge in [-0.1, -0.05) is 27.4 Å². The van der Waals surface area contributed by atoms with E-state index in [1.54, 1.807) is 23.4 Å². The normalized spacial score (nSPS) is 22.1. The van der Waals surface area contributed by atoms with Gasteiger partial charge in [0.2, 0.25) is 5.91 Å². The van der Waals surface area contributed by atoms with Gasteiger partial charge in [0.15, 0.2) is 5.82 Å². The van der Waals surface area contributed by atoms with E-state index in [0.29, 0.717) is 70.7 Å². The molecule has 0 spiro atoms. The molecule has 16 nitrogen and oxygen atoms in total. The van der Waals surface area contributed by atoms with E-state index in [1.165, 1.54) is 35.8 Å². The number of aromatic nitrogens is 5. The molecule has 10 rings (SSSR count). The lowest BCUT2D eigenvalue weighted by Crippen LogP contribution is -2.58. The summed E-state index contributed by atoms with van der Waals surface area (Å²) in [5, 5.41) is 17.3. The van der Waals surface area contributed by atoms with Crippen molar-refractivity contribution in [3.63, 3.8) is 0 Å². The molecule has 16 heteroatoms. The van der Waals surface area contributed by atoms with Crippen LogP contribution in [-0.2, 0) is 40.9 Å². The first-order valence-corrected chi connectivity index (χ1v) is 25.0. The Morgan fingerprint density at radius 2 is 1.77 bits per heavy atom. The van der Waals surface area contributed by atoms with Crippen LogP contribution in [0, 0.1) is 5.41 Å². The van der Waals surface area contributed by atoms with Crippen LogP contribution in [0.2, 0.25) is 0 Å². The second-order valence-corrected chi connectivity index (χ2v) is 20.9. The van der Waals surface area contributed by atoms with Crippen molar-refractivity contribution in [2.45, 2.75) is 110 Å². The van der Waals surface area contributed by atoms with E-state index in [2.05, 4.69) is 93.2 Å². The van der Waals surface area contributed by atoms with Gasteiger partial charge in [0.05, 0.1) is 37.0 Å². The van der Waals surface area contributed by atoms with Gasteiger partial charge in [0.1, 0.15) is 11.5 Å². The van der Waals surface area contributed by atoms with Crippen LogP contribution in [0.5, 0.6) is 5.88 Å². The summed E-state index contributed by atoms with van der Waals surface area (Å²) >= 11 is 0. The molecule has 5 aliphatic rings. The molecular weight excluding hydrogens is 883 g/mol. The number of hydrogen-bond acceptors (Lipinski definition) is 13. The lowest BCUT2D eigenvalue weighted by atomic mass is 9.79. The summed E-state index contributed by atoms with van der Waals surface area (Å²) in [6.45, 7) is 21.1. The minimum absolute atomic E-state index is 0.0507. The zero-order valence-electron chi connectivity index (χ0n) is 41.5. The first kappa shape index (κ1) is 47.3. The Bertz CT molecular complexity index is 2800. The fraction of sp³-hybridized carbons (Fsp3) is 0.481. The Hall–Kier alpha value is -6.36. The maximum Gasteiger partial charge on any atom is 0.276 e. The molecule has 3 fully saturated rings. The topological polar surface area (TPSA) is 166 Å². The molecule has 3 N–H and O–H groups in total. The van der Waals surface area contributed by atoms with Gasteiger partial charge >= 0.3 is 0 Å². The second-order valence-electron chi connectivity index (χ2n) is 20.9. The smallest absolute Gasteiger partial charge is 0.276 e. The van der Waals surface area contributed by atoms with Gasteiger partial charge in [-0.25, -0.2) is 15.0 Å². The van der Waals surface area contributed by atoms with Crippen molar-refractivity contribution in [3.05, 3.63) is 102 Å². The molecule has 0 radical (unpaired) electrons. The van der Waals surface area contributed by atoms with Gasteiger partial charge in [-0.15, -0.1) is 0 Å². The van der Waals surface area contributed by atoms with E-state index in [4.69, 9.17) is 19.4 Å². The fourth-order valence-electron chi connectivity index (χ4n) is 11.8. The summed E-state index contributed by atoms with van der Waals surface area (Å²) in [5.41, 5.74) is 9.53. The molecule has 2 amide bonds. The number of piperazine rings is 1. The summed E-state index contributed by atoms with van der Waals surface area (Å²) in [6, 6.07) is 15.2. The number of carbonyl (C=O) groups excluding carboxylic acids is 2. The van der Waals surface area contributed by atoms with Crippen LogP contribution in [0.4, 0.5) is 34.4 Å². The quantitative estimate of drug-likeness (QED) is 0.105. The van der Waals surface area contributed by atoms with E-state index >= 15 is 0 Å². The van der Waals surface area contributed by atoms with Crippen molar-refractivity contribution in [1.82, 2.24) is 29.4 Å². The number of carbonyl (C=O) groups is 2. The first-order chi connectivity index (χ1) is 33.8. The number of methoxy groups -OCH3 is 1. The summed E-state index contributed by atoms with van der Waals surface area (Å²) in [5.74, 6) is 0.537. The Kier molecular flexibility index (Phi) is 12.9. The van der Waals surface area contributed by atoms with Crippen LogP contribution >= 0.6 is 0 Å². The number of fused-ring (bicyclic) bond motifs is 3. The number of benzene rings is 1. The maximum absolute atomic E-state index is 14.1. The largest absolute Gasteiger partial charge is 0.478 e. The third-order valence-corrected chi connectivity index (χ3v) is 15.6. The molecule has 8 heterocycles. The zero-order valence-corrected chi connectivity index (χ0v) is 41.5. The standard InChI is InChI=1S/C54H67N11O5/c1-8-48(67)59-42-27-37(9-10-44(42)63-20-19-61(32-35(63)3)38-13-18-62(34(2)25-38)39-11-16-55-47(28-39)54(6)14-23-70-24-15-54)58-49-51(69-7)57-31-43(60-49)40-12-17-56-50(41(40)33-66)65-22-21-64-45(52(65)68)26-36-29-53(4,5)30-46(36)64/h8-12,16-17,26-28,31,34-35,38,66H,1,13-15,18-25,29-30,32-33H2,2-7H3,(H,58,60)(H,59,67)/t34-,35-,38?/m0/s1. The van der Waals surface area contributed by atoms with Gasteiger partial charge in [-0.2, -0.15) is 0 Å². The van der Waals surface area contributed by atoms with Crippen molar-refractivity contribution >= 4 is 46.2 Å². The summed E-state index contributed by atoms with van der Waals surface area (Å²) in [4.78, 5) is 55.4. The number of hydrogen-bond donors (Lipinski definition) is 3. The number of nitrogens with one attached hydrogen (secondary N) is 2. The molecule has 0 bridgehead atoms. The van der Waals surface area contributed by atoms with E-state index in [1.807, 2.05) is 30.5 Å². The van der Waals surface area contributed by atoms with Crippen LogP contribution in [0.3, 0.4) is 0 Å². The van der Waals surface area contributed by atoms with Crippen molar-refractivity contribution in [2.75, 3.05) is 78.4 Å². The molecule has 1 aliphatic carbocycles. The van der Waals surface area contributed by atoms with Crippen LogP contribution < -0.4 is 30.1 Å². The van der Waals surface area contributed by atoms with Crippen LogP contribution in [-0.4, -0.2) is 117 Å². The fourth-order valence-corrected chi connectivity index (χ4v) is 11.8. The van der Waals surface area contributed by atoms with E-state index < -0.39 is 0 Å². The third-order valence-electron chi connectivity index (χ3n) is 15.6. The molecule has 5 aromatic rings. The minimum Gasteiger partial charge on any atom is -0.478 e. The number of nitrogens with zero attached hydrogens (tertiary/aromatic N) is 9. The van der Waals surface area contributed by atoms with Crippen LogP contribution in [0.15, 0.2) is 73.7 Å². The molecular formula is C54H67N11O5. The molecule has 4 aliphatic heterocycles. The highest BCUT2D eigenvalue weighted by Gasteiger charge is 2.39. The number of aliphatic hydroxyl groups excluding tert-OH is 1. The maximum atomic E-state index is 14.1. The van der Waals surface area contributed by atoms with Gasteiger partial charge in [0.25, 0.3) is 11.8 Å². The summed E-state index contributed by atoms with van der Waals surface area (Å²) in [6.07, 6.45) is 12.5. The molecule has 4 aromatic heterocycles.